The molecule has 0 unspecified atom stereocenters. The third-order valence-corrected chi connectivity index (χ3v) is 5.34. The van der Waals surface area contributed by atoms with Crippen molar-refractivity contribution in [3.8, 4) is 0 Å². The van der Waals surface area contributed by atoms with Crippen LogP contribution >= 0.6 is 0 Å². The number of carbonyl (C=O) groups excluding carboxylic acids is 1. The molecule has 2 heterocycles. The van der Waals surface area contributed by atoms with Gasteiger partial charge >= 0.3 is 0 Å². The van der Waals surface area contributed by atoms with Crippen LogP contribution in [-0.2, 0) is 6.54 Å². The van der Waals surface area contributed by atoms with Gasteiger partial charge in [0.05, 0.1) is 0 Å². The number of nitrogens with zero attached hydrogens (tertiary/aromatic N) is 4. The van der Waals surface area contributed by atoms with Crippen LogP contribution in [0.4, 0.5) is 23.0 Å². The van der Waals surface area contributed by atoms with E-state index in [-0.39, 0.29) is 5.78 Å². The number of rotatable bonds is 6. The van der Waals surface area contributed by atoms with Crippen LogP contribution < -0.4 is 16.0 Å². The molecule has 3 N–H and O–H groups in total. The summed E-state index contributed by atoms with van der Waals surface area (Å²) < 4.78 is 0. The number of nitrogens with one attached hydrogen (secondary N) is 1. The Balaban J connectivity index is 1.41. The van der Waals surface area contributed by atoms with E-state index in [9.17, 15) is 4.79 Å². The van der Waals surface area contributed by atoms with Crippen molar-refractivity contribution < 1.29 is 4.79 Å². The van der Waals surface area contributed by atoms with E-state index in [2.05, 4.69) is 49.4 Å². The highest BCUT2D eigenvalue weighted by molar-refractivity contribution is 5.94. The van der Waals surface area contributed by atoms with Crippen molar-refractivity contribution in [3.05, 3.63) is 72.1 Å². The second-order valence-electron chi connectivity index (χ2n) is 7.47. The van der Waals surface area contributed by atoms with E-state index in [0.29, 0.717) is 17.1 Å². The van der Waals surface area contributed by atoms with Gasteiger partial charge in [0.15, 0.2) is 17.4 Å². The molecule has 0 radical (unpaired) electrons. The van der Waals surface area contributed by atoms with Gasteiger partial charge in [0.2, 0.25) is 0 Å². The number of Topliss-reactive ketones (excluding diaryl/α,β-unsaturated/α-hetero) is 1. The zero-order valence-electron chi connectivity index (χ0n) is 17.1. The summed E-state index contributed by atoms with van der Waals surface area (Å²) in [5.74, 6) is 1.37. The highest BCUT2D eigenvalue weighted by Gasteiger charge is 2.21. The number of ketones is 1. The highest BCUT2D eigenvalue weighted by atomic mass is 16.1. The summed E-state index contributed by atoms with van der Waals surface area (Å²) >= 11 is 0. The standard InChI is InChI=1S/C23H26N6O/c1-17(30)19-7-9-20(10-8-19)27-22-21(24)23(26-16-25-22)29-13-11-28(12-14-29)15-18-5-3-2-4-6-18/h2-10,16H,11-15,24H2,1H3,(H,25,26,27). The molecule has 1 aromatic heterocycles. The van der Waals surface area contributed by atoms with Crippen molar-refractivity contribution >= 4 is 28.8 Å². The van der Waals surface area contributed by atoms with Gasteiger partial charge in [0.25, 0.3) is 0 Å². The molecular formula is C23H26N6O. The van der Waals surface area contributed by atoms with Crippen LogP contribution in [0.1, 0.15) is 22.8 Å². The molecule has 154 valence electrons. The largest absolute Gasteiger partial charge is 0.393 e. The van der Waals surface area contributed by atoms with E-state index in [1.165, 1.54) is 11.9 Å². The predicted octanol–water partition coefficient (Wildman–Crippen LogP) is 3.33. The third kappa shape index (κ3) is 4.58. The Morgan fingerprint density at radius 2 is 1.70 bits per heavy atom. The maximum Gasteiger partial charge on any atom is 0.159 e. The average molecular weight is 403 g/mol. The zero-order valence-corrected chi connectivity index (χ0v) is 17.1. The maximum atomic E-state index is 11.4. The van der Waals surface area contributed by atoms with Gasteiger partial charge in [0.1, 0.15) is 12.0 Å². The molecular weight excluding hydrogens is 376 g/mol. The Kier molecular flexibility index (Phi) is 5.90. The predicted molar refractivity (Wildman–Crippen MR) is 120 cm³/mol. The lowest BCUT2D eigenvalue weighted by Crippen LogP contribution is -2.46. The van der Waals surface area contributed by atoms with Gasteiger partial charge in [-0.3, -0.25) is 9.69 Å². The molecule has 0 saturated carbocycles. The molecule has 2 aromatic carbocycles. The van der Waals surface area contributed by atoms with Crippen LogP contribution in [0.2, 0.25) is 0 Å². The summed E-state index contributed by atoms with van der Waals surface area (Å²) in [5.41, 5.74) is 9.76. The number of anilines is 4. The first-order valence-electron chi connectivity index (χ1n) is 10.1. The highest BCUT2D eigenvalue weighted by Crippen LogP contribution is 2.29. The number of nitrogen functional groups attached to an aromatic ring is 1. The van der Waals surface area contributed by atoms with E-state index in [1.54, 1.807) is 19.1 Å². The first-order valence-corrected chi connectivity index (χ1v) is 10.1. The smallest absolute Gasteiger partial charge is 0.159 e. The molecule has 0 bridgehead atoms. The molecule has 0 aliphatic carbocycles. The molecule has 1 saturated heterocycles. The average Bonchev–Trinajstić information content (AvgIpc) is 2.77. The molecule has 0 atom stereocenters. The first kappa shape index (κ1) is 19.8. The van der Waals surface area contributed by atoms with Crippen LogP contribution in [-0.4, -0.2) is 46.8 Å². The van der Waals surface area contributed by atoms with E-state index in [0.717, 1.165) is 44.2 Å². The summed E-state index contributed by atoms with van der Waals surface area (Å²) in [6.45, 7) is 6.14. The molecule has 7 nitrogen and oxygen atoms in total. The Morgan fingerprint density at radius 1 is 1.00 bits per heavy atom. The lowest BCUT2D eigenvalue weighted by molar-refractivity contribution is 0.101. The fourth-order valence-corrected chi connectivity index (χ4v) is 3.62. The van der Waals surface area contributed by atoms with Crippen LogP contribution in [0.3, 0.4) is 0 Å². The monoisotopic (exact) mass is 402 g/mol. The molecule has 0 spiro atoms. The Bertz CT molecular complexity index is 998. The molecule has 3 aromatic rings. The molecule has 4 rings (SSSR count). The van der Waals surface area contributed by atoms with Gasteiger partial charge < -0.3 is 16.0 Å². The number of aromatic nitrogens is 2. The number of benzene rings is 2. The number of hydrogen-bond donors (Lipinski definition) is 2. The fourth-order valence-electron chi connectivity index (χ4n) is 3.62. The van der Waals surface area contributed by atoms with Crippen molar-refractivity contribution in [2.24, 2.45) is 0 Å². The SMILES string of the molecule is CC(=O)c1ccc(Nc2ncnc(N3CCN(Cc4ccccc4)CC3)c2N)cc1. The van der Waals surface area contributed by atoms with Crippen molar-refractivity contribution in [3.63, 3.8) is 0 Å². The molecule has 1 fully saturated rings. The molecule has 0 amide bonds. The van der Waals surface area contributed by atoms with Gasteiger partial charge in [-0.25, -0.2) is 9.97 Å². The molecule has 1 aliphatic heterocycles. The van der Waals surface area contributed by atoms with E-state index in [4.69, 9.17) is 5.73 Å². The first-order chi connectivity index (χ1) is 14.6. The Labute approximate surface area is 176 Å². The van der Waals surface area contributed by atoms with Gasteiger partial charge in [-0.1, -0.05) is 30.3 Å². The second-order valence-corrected chi connectivity index (χ2v) is 7.47. The van der Waals surface area contributed by atoms with E-state index in [1.807, 2.05) is 18.2 Å². The molecule has 30 heavy (non-hydrogen) atoms. The minimum Gasteiger partial charge on any atom is -0.393 e. The lowest BCUT2D eigenvalue weighted by Gasteiger charge is -2.36. The fraction of sp³-hybridized carbons (Fsp3) is 0.261. The van der Waals surface area contributed by atoms with Crippen LogP contribution in [0.5, 0.6) is 0 Å². The zero-order chi connectivity index (χ0) is 20.9. The summed E-state index contributed by atoms with van der Waals surface area (Å²) in [4.78, 5) is 24.8. The Hall–Kier alpha value is -3.45. The van der Waals surface area contributed by atoms with Gasteiger partial charge in [-0.05, 0) is 36.8 Å². The lowest BCUT2D eigenvalue weighted by atomic mass is 10.1. The van der Waals surface area contributed by atoms with Crippen molar-refractivity contribution in [1.29, 1.82) is 0 Å². The maximum absolute atomic E-state index is 11.4. The minimum atomic E-state index is 0.0387. The van der Waals surface area contributed by atoms with Crippen molar-refractivity contribution in [1.82, 2.24) is 14.9 Å². The van der Waals surface area contributed by atoms with E-state index >= 15 is 0 Å². The normalized spacial score (nSPS) is 14.5. The quantitative estimate of drug-likeness (QED) is 0.612. The summed E-state index contributed by atoms with van der Waals surface area (Å²) in [5, 5.41) is 3.23. The Morgan fingerprint density at radius 3 is 2.37 bits per heavy atom. The van der Waals surface area contributed by atoms with Crippen LogP contribution in [0, 0.1) is 0 Å². The second kappa shape index (κ2) is 8.92. The minimum absolute atomic E-state index is 0.0387. The molecule has 7 heteroatoms. The van der Waals surface area contributed by atoms with Crippen molar-refractivity contribution in [2.45, 2.75) is 13.5 Å². The summed E-state index contributed by atoms with van der Waals surface area (Å²) in [6, 6.07) is 17.8. The van der Waals surface area contributed by atoms with Gasteiger partial charge in [-0.2, -0.15) is 0 Å². The van der Waals surface area contributed by atoms with Gasteiger partial charge in [0, 0.05) is 44.0 Å². The number of piperazine rings is 1. The number of hydrogen-bond acceptors (Lipinski definition) is 7. The van der Waals surface area contributed by atoms with Crippen LogP contribution in [0.15, 0.2) is 60.9 Å². The number of nitrogens with two attached hydrogens (primary N) is 1. The van der Waals surface area contributed by atoms with Crippen molar-refractivity contribution in [2.75, 3.05) is 42.1 Å². The topological polar surface area (TPSA) is 87.4 Å². The third-order valence-electron chi connectivity index (χ3n) is 5.34. The van der Waals surface area contributed by atoms with Gasteiger partial charge in [-0.15, -0.1) is 0 Å². The van der Waals surface area contributed by atoms with Crippen LogP contribution in [0.25, 0.3) is 0 Å². The number of carbonyl (C=O) groups is 1. The summed E-state index contributed by atoms with van der Waals surface area (Å²) in [7, 11) is 0. The molecule has 1 aliphatic rings. The van der Waals surface area contributed by atoms with E-state index < -0.39 is 0 Å². The summed E-state index contributed by atoms with van der Waals surface area (Å²) in [6.07, 6.45) is 1.54.